The lowest BCUT2D eigenvalue weighted by molar-refractivity contribution is 0.211. The van der Waals surface area contributed by atoms with Crippen LogP contribution in [0.4, 0.5) is 10.5 Å². The Labute approximate surface area is 110 Å². The summed E-state index contributed by atoms with van der Waals surface area (Å²) in [7, 11) is 0. The molecule has 0 heterocycles. The quantitative estimate of drug-likeness (QED) is 0.809. The van der Waals surface area contributed by atoms with E-state index in [1.165, 1.54) is 5.56 Å². The van der Waals surface area contributed by atoms with Gasteiger partial charge in [0, 0.05) is 18.8 Å². The van der Waals surface area contributed by atoms with Crippen molar-refractivity contribution in [2.45, 2.75) is 40.0 Å². The lowest BCUT2D eigenvalue weighted by atomic mass is 10.2. The van der Waals surface area contributed by atoms with Gasteiger partial charge in [0.2, 0.25) is 0 Å². The molecule has 0 saturated heterocycles. The highest BCUT2D eigenvalue weighted by Gasteiger charge is 2.11. The number of nitrogens with zero attached hydrogens (tertiary/aromatic N) is 1. The van der Waals surface area contributed by atoms with Gasteiger partial charge >= 0.3 is 6.03 Å². The second-order valence-corrected chi connectivity index (χ2v) is 4.64. The predicted octanol–water partition coefficient (Wildman–Crippen LogP) is 4.04. The lowest BCUT2D eigenvalue weighted by Gasteiger charge is -2.22. The van der Waals surface area contributed by atoms with Crippen LogP contribution in [0.1, 0.15) is 38.7 Å². The maximum Gasteiger partial charge on any atom is 0.321 e. The number of benzene rings is 1. The maximum absolute atomic E-state index is 12.1. The van der Waals surface area contributed by atoms with E-state index in [2.05, 4.69) is 19.2 Å². The van der Waals surface area contributed by atoms with Gasteiger partial charge in [-0.25, -0.2) is 4.79 Å². The van der Waals surface area contributed by atoms with Crippen LogP contribution in [-0.2, 0) is 0 Å². The predicted molar refractivity (Wildman–Crippen MR) is 77.0 cm³/mol. The van der Waals surface area contributed by atoms with E-state index in [0.717, 1.165) is 38.0 Å². The van der Waals surface area contributed by atoms with Crippen molar-refractivity contribution in [1.29, 1.82) is 0 Å². The number of nitrogens with one attached hydrogen (secondary N) is 1. The maximum atomic E-state index is 12.1. The topological polar surface area (TPSA) is 32.3 Å². The molecule has 0 aliphatic heterocycles. The second-order valence-electron chi connectivity index (χ2n) is 4.64. The van der Waals surface area contributed by atoms with Crippen molar-refractivity contribution in [3.8, 4) is 0 Å². The molecule has 0 bridgehead atoms. The largest absolute Gasteiger partial charge is 0.325 e. The number of anilines is 1. The molecule has 0 aromatic heterocycles. The smallest absolute Gasteiger partial charge is 0.321 e. The molecule has 1 rings (SSSR count). The van der Waals surface area contributed by atoms with Gasteiger partial charge in [-0.15, -0.1) is 0 Å². The monoisotopic (exact) mass is 248 g/mol. The molecule has 0 unspecified atom stereocenters. The van der Waals surface area contributed by atoms with Crippen molar-refractivity contribution in [3.63, 3.8) is 0 Å². The van der Waals surface area contributed by atoms with Crippen LogP contribution in [0.2, 0.25) is 0 Å². The number of hydrogen-bond acceptors (Lipinski definition) is 1. The van der Waals surface area contributed by atoms with Gasteiger partial charge in [-0.2, -0.15) is 0 Å². The number of rotatable bonds is 6. The molecule has 0 spiro atoms. The Morgan fingerprint density at radius 1 is 1.11 bits per heavy atom. The lowest BCUT2D eigenvalue weighted by Crippen LogP contribution is -2.36. The Bertz CT molecular complexity index is 359. The summed E-state index contributed by atoms with van der Waals surface area (Å²) in [5.74, 6) is 0. The highest BCUT2D eigenvalue weighted by Crippen LogP contribution is 2.10. The van der Waals surface area contributed by atoms with Gasteiger partial charge in [0.15, 0.2) is 0 Å². The fourth-order valence-electron chi connectivity index (χ4n) is 1.77. The molecule has 2 amide bonds. The Balaban J connectivity index is 2.57. The van der Waals surface area contributed by atoms with Crippen LogP contribution in [0.5, 0.6) is 0 Å². The molecule has 100 valence electrons. The number of aryl methyl sites for hydroxylation is 1. The SMILES string of the molecule is CCCCN(CCC)C(=O)Nc1ccc(C)cc1. The molecular weight excluding hydrogens is 224 g/mol. The summed E-state index contributed by atoms with van der Waals surface area (Å²) in [5.41, 5.74) is 2.06. The zero-order chi connectivity index (χ0) is 13.4. The average molecular weight is 248 g/mol. The summed E-state index contributed by atoms with van der Waals surface area (Å²) in [5, 5.41) is 2.95. The molecule has 0 atom stereocenters. The first-order valence-corrected chi connectivity index (χ1v) is 6.80. The molecule has 1 N–H and O–H groups in total. The van der Waals surface area contributed by atoms with E-state index >= 15 is 0 Å². The minimum atomic E-state index is 0.00848. The van der Waals surface area contributed by atoms with Crippen LogP contribution in [0.25, 0.3) is 0 Å². The number of carbonyl (C=O) groups excluding carboxylic acids is 1. The minimum absolute atomic E-state index is 0.00848. The van der Waals surface area contributed by atoms with E-state index in [1.54, 1.807) is 0 Å². The average Bonchev–Trinajstić information content (AvgIpc) is 2.37. The van der Waals surface area contributed by atoms with E-state index < -0.39 is 0 Å². The molecule has 18 heavy (non-hydrogen) atoms. The molecule has 3 nitrogen and oxygen atoms in total. The number of carbonyl (C=O) groups is 1. The zero-order valence-corrected chi connectivity index (χ0v) is 11.7. The van der Waals surface area contributed by atoms with Crippen molar-refractivity contribution in [2.75, 3.05) is 18.4 Å². The molecule has 0 saturated carbocycles. The molecule has 0 aliphatic carbocycles. The molecule has 0 fully saturated rings. The molecule has 1 aromatic carbocycles. The number of unbranched alkanes of at least 4 members (excludes halogenated alkanes) is 1. The van der Waals surface area contributed by atoms with E-state index in [0.29, 0.717) is 0 Å². The fraction of sp³-hybridized carbons (Fsp3) is 0.533. The third-order valence-electron chi connectivity index (χ3n) is 2.87. The first kappa shape index (κ1) is 14.6. The molecule has 1 aromatic rings. The highest BCUT2D eigenvalue weighted by molar-refractivity contribution is 5.89. The van der Waals surface area contributed by atoms with Gasteiger partial charge < -0.3 is 10.2 Å². The van der Waals surface area contributed by atoms with E-state index in [-0.39, 0.29) is 6.03 Å². The minimum Gasteiger partial charge on any atom is -0.325 e. The first-order chi connectivity index (χ1) is 8.67. The Hall–Kier alpha value is -1.51. The van der Waals surface area contributed by atoms with E-state index in [4.69, 9.17) is 0 Å². The van der Waals surface area contributed by atoms with Crippen LogP contribution in [0, 0.1) is 6.92 Å². The van der Waals surface area contributed by atoms with Crippen molar-refractivity contribution in [3.05, 3.63) is 29.8 Å². The molecule has 0 aliphatic rings. The van der Waals surface area contributed by atoms with Gasteiger partial charge in [-0.1, -0.05) is 38.0 Å². The Morgan fingerprint density at radius 3 is 2.33 bits per heavy atom. The van der Waals surface area contributed by atoms with E-state index in [9.17, 15) is 4.79 Å². The number of amides is 2. The first-order valence-electron chi connectivity index (χ1n) is 6.80. The van der Waals surface area contributed by atoms with Crippen LogP contribution in [0.15, 0.2) is 24.3 Å². The summed E-state index contributed by atoms with van der Waals surface area (Å²) in [6.45, 7) is 7.93. The molecule has 0 radical (unpaired) electrons. The number of urea groups is 1. The van der Waals surface area contributed by atoms with Gasteiger partial charge in [-0.05, 0) is 31.9 Å². The zero-order valence-electron chi connectivity index (χ0n) is 11.7. The second kappa shape index (κ2) is 7.75. The molecule has 3 heteroatoms. The van der Waals surface area contributed by atoms with Crippen LogP contribution < -0.4 is 5.32 Å². The van der Waals surface area contributed by atoms with Gasteiger partial charge in [0.1, 0.15) is 0 Å². The van der Waals surface area contributed by atoms with Crippen LogP contribution in [-0.4, -0.2) is 24.0 Å². The summed E-state index contributed by atoms with van der Waals surface area (Å²) in [4.78, 5) is 14.0. The van der Waals surface area contributed by atoms with Crippen molar-refractivity contribution < 1.29 is 4.79 Å². The Morgan fingerprint density at radius 2 is 1.78 bits per heavy atom. The normalized spacial score (nSPS) is 10.2. The molecular formula is C15H24N2O. The van der Waals surface area contributed by atoms with Gasteiger partial charge in [0.05, 0.1) is 0 Å². The summed E-state index contributed by atoms with van der Waals surface area (Å²) in [6, 6.07) is 7.90. The highest BCUT2D eigenvalue weighted by atomic mass is 16.2. The van der Waals surface area contributed by atoms with Crippen molar-refractivity contribution in [1.82, 2.24) is 4.90 Å². The summed E-state index contributed by atoms with van der Waals surface area (Å²) < 4.78 is 0. The Kier molecular flexibility index (Phi) is 6.26. The van der Waals surface area contributed by atoms with Crippen molar-refractivity contribution >= 4 is 11.7 Å². The third-order valence-corrected chi connectivity index (χ3v) is 2.87. The summed E-state index contributed by atoms with van der Waals surface area (Å²) >= 11 is 0. The third kappa shape index (κ3) is 4.78. The van der Waals surface area contributed by atoms with Gasteiger partial charge in [0.25, 0.3) is 0 Å². The van der Waals surface area contributed by atoms with E-state index in [1.807, 2.05) is 36.1 Å². The standard InChI is InChI=1S/C15H24N2O/c1-4-6-12-17(11-5-2)15(18)16-14-9-7-13(3)8-10-14/h7-10H,4-6,11-12H2,1-3H3,(H,16,18). The fourth-order valence-corrected chi connectivity index (χ4v) is 1.77. The van der Waals surface area contributed by atoms with Crippen LogP contribution in [0.3, 0.4) is 0 Å². The van der Waals surface area contributed by atoms with Crippen LogP contribution >= 0.6 is 0 Å². The summed E-state index contributed by atoms with van der Waals surface area (Å²) in [6.07, 6.45) is 3.16. The number of hydrogen-bond donors (Lipinski definition) is 1. The van der Waals surface area contributed by atoms with Gasteiger partial charge in [-0.3, -0.25) is 0 Å². The van der Waals surface area contributed by atoms with Crippen molar-refractivity contribution in [2.24, 2.45) is 0 Å².